The predicted molar refractivity (Wildman–Crippen MR) is 514 cm³/mol. The second kappa shape index (κ2) is 39.7. The van der Waals surface area contributed by atoms with Crippen molar-refractivity contribution in [2.24, 2.45) is 29.6 Å². The second-order valence-electron chi connectivity index (χ2n) is 37.4. The van der Waals surface area contributed by atoms with Crippen LogP contribution in [0.5, 0.6) is 0 Å². The number of nitrogens with zero attached hydrogens (tertiary/aromatic N) is 16. The highest BCUT2D eigenvalue weighted by Gasteiger charge is 2.41. The van der Waals surface area contributed by atoms with Crippen molar-refractivity contribution in [3.63, 3.8) is 0 Å². The van der Waals surface area contributed by atoms with Gasteiger partial charge in [-0.15, -0.1) is 0 Å². The predicted octanol–water partition coefficient (Wildman–Crippen LogP) is 8.74. The summed E-state index contributed by atoms with van der Waals surface area (Å²) in [5.74, 6) is 4.96. The van der Waals surface area contributed by atoms with Crippen LogP contribution in [0.2, 0.25) is 0 Å². The lowest BCUT2D eigenvalue weighted by atomic mass is 9.78. The third-order valence-electron chi connectivity index (χ3n) is 27.2. The van der Waals surface area contributed by atoms with Crippen LogP contribution in [0.1, 0.15) is 124 Å². The van der Waals surface area contributed by atoms with Crippen LogP contribution in [-0.2, 0) is 75.8 Å². The number of rotatable bonds is 29. The molecular weight excluding hydrogens is 1760 g/mol. The SMILES string of the molecule is CC(=O)C1CN(CC2CC(n3cc(-c4cccc(CNS(C)(=O)=O)c4)c4c(N)ncnc43)C2)C1.CS(=O)(=O)NCc1cccc(-c2cn(C3CC(CN4CCCC4)C3)c3ncnc(N)c23)c1.CS(=O)(=O)NCc1cccc(-c2cn(C3CC(CN4CCOCC4)C3)c3ncnc(N)c23)c1.CS(=O)(=O)NCc1cccc(-c2cn(C3CC(CN4CC[C@@H](O)C4)C3)c3ncnc(N)c23)c1. The number of carbonyl (C=O) groups is 1. The number of hydrogen-bond donors (Lipinski definition) is 9. The molecule has 702 valence electrons. The minimum atomic E-state index is -3.28. The highest BCUT2D eigenvalue weighted by molar-refractivity contribution is 7.89. The largest absolute Gasteiger partial charge is 0.392 e. The lowest BCUT2D eigenvalue weighted by molar-refractivity contribution is -0.126. The smallest absolute Gasteiger partial charge is 0.209 e. The number of fused-ring (bicyclic) bond motifs is 4. The minimum Gasteiger partial charge on any atom is -0.392 e. The molecule has 1 atom stereocenters. The highest BCUT2D eigenvalue weighted by Crippen LogP contribution is 2.49. The van der Waals surface area contributed by atoms with E-state index in [1.54, 1.807) is 6.92 Å². The zero-order valence-electron chi connectivity index (χ0n) is 75.3. The zero-order valence-corrected chi connectivity index (χ0v) is 78.5. The molecule has 8 aromatic heterocycles. The Labute approximate surface area is 770 Å². The number of benzene rings is 4. The number of ketones is 1. The Morgan fingerprint density at radius 1 is 0.386 bits per heavy atom. The topological polar surface area (TPSA) is 471 Å². The number of nitrogens with two attached hydrogens (primary N) is 4. The van der Waals surface area contributed by atoms with Gasteiger partial charge in [-0.1, -0.05) is 72.8 Å². The number of likely N-dealkylation sites (tertiary alicyclic amines) is 3. The molecule has 35 nitrogen and oxygen atoms in total. The molecular formula is C93H120N24O11S4. The summed E-state index contributed by atoms with van der Waals surface area (Å²) in [5, 5.41) is 13.1. The van der Waals surface area contributed by atoms with Gasteiger partial charge in [-0.25, -0.2) is 92.4 Å². The molecule has 0 amide bonds. The summed E-state index contributed by atoms with van der Waals surface area (Å²) in [7, 11) is -13.1. The summed E-state index contributed by atoms with van der Waals surface area (Å²) < 4.78 is 117. The first-order valence-corrected chi connectivity index (χ1v) is 53.0. The normalized spacial score (nSPS) is 22.2. The van der Waals surface area contributed by atoms with Crippen molar-refractivity contribution in [2.75, 3.05) is 140 Å². The average Bonchev–Trinajstić information content (AvgIpc) is 1.61. The molecule has 8 aliphatic rings. The number of nitrogens with one attached hydrogen (secondary N) is 4. The molecule has 13 N–H and O–H groups in total. The molecule has 4 aromatic carbocycles. The number of nitrogen functional groups attached to an aromatic ring is 4. The van der Waals surface area contributed by atoms with Crippen molar-refractivity contribution < 1.29 is 48.3 Å². The average molecular weight is 1880 g/mol. The molecule has 0 unspecified atom stereocenters. The molecule has 4 aliphatic heterocycles. The molecule has 0 radical (unpaired) electrons. The van der Waals surface area contributed by atoms with E-state index in [0.717, 1.165) is 272 Å². The first kappa shape index (κ1) is 93.4. The van der Waals surface area contributed by atoms with E-state index < -0.39 is 40.1 Å². The molecule has 20 rings (SSSR count). The van der Waals surface area contributed by atoms with Crippen molar-refractivity contribution in [1.82, 2.24) is 96.6 Å². The van der Waals surface area contributed by atoms with Crippen molar-refractivity contribution in [3.8, 4) is 44.5 Å². The minimum absolute atomic E-state index is 0.181. The lowest BCUT2D eigenvalue weighted by Gasteiger charge is -2.44. The number of aliphatic hydroxyl groups is 1. The number of aromatic nitrogens is 12. The fourth-order valence-corrected chi connectivity index (χ4v) is 21.9. The van der Waals surface area contributed by atoms with Gasteiger partial charge in [0.2, 0.25) is 40.1 Å². The summed E-state index contributed by atoms with van der Waals surface area (Å²) in [6.07, 6.45) is 31.3. The van der Waals surface area contributed by atoms with E-state index in [2.05, 4.69) is 121 Å². The van der Waals surface area contributed by atoms with Gasteiger partial charge >= 0.3 is 0 Å². The summed E-state index contributed by atoms with van der Waals surface area (Å²) in [6.45, 7) is 16.8. The van der Waals surface area contributed by atoms with Crippen LogP contribution in [-0.4, -0.2) is 245 Å². The first-order valence-electron chi connectivity index (χ1n) is 45.4. The fourth-order valence-electron chi connectivity index (χ4n) is 20.1. The monoisotopic (exact) mass is 1880 g/mol. The number of morpholine rings is 1. The van der Waals surface area contributed by atoms with Crippen LogP contribution < -0.4 is 41.8 Å². The molecule has 0 bridgehead atoms. The molecule has 12 heterocycles. The second-order valence-corrected chi connectivity index (χ2v) is 44.8. The van der Waals surface area contributed by atoms with Crippen LogP contribution in [0.4, 0.5) is 23.3 Å². The number of ether oxygens (including phenoxy) is 1. The maximum absolute atomic E-state index is 11.5. The molecule has 0 spiro atoms. The molecule has 132 heavy (non-hydrogen) atoms. The van der Waals surface area contributed by atoms with Gasteiger partial charge < -0.3 is 65.7 Å². The summed E-state index contributed by atoms with van der Waals surface area (Å²) >= 11 is 0. The zero-order chi connectivity index (χ0) is 92.5. The van der Waals surface area contributed by atoms with Gasteiger partial charge in [0.25, 0.3) is 0 Å². The highest BCUT2D eigenvalue weighted by atomic mass is 32.2. The van der Waals surface area contributed by atoms with E-state index in [1.165, 1.54) is 57.8 Å². The van der Waals surface area contributed by atoms with E-state index >= 15 is 0 Å². The van der Waals surface area contributed by atoms with Crippen molar-refractivity contribution in [2.45, 2.75) is 134 Å². The van der Waals surface area contributed by atoms with Gasteiger partial charge in [0.05, 0.1) is 65.9 Å². The number of β-amino-alcohol motifs (C(OH)–C–C–N with tert-alkyl or cyclic N) is 1. The summed E-state index contributed by atoms with van der Waals surface area (Å²) in [6, 6.07) is 32.8. The van der Waals surface area contributed by atoms with Crippen LogP contribution in [0.25, 0.3) is 88.6 Å². The van der Waals surface area contributed by atoms with E-state index in [4.69, 9.17) is 27.7 Å². The number of hydrogen-bond acceptors (Lipinski definition) is 27. The summed E-state index contributed by atoms with van der Waals surface area (Å²) in [5.41, 5.74) is 39.8. The number of anilines is 4. The Morgan fingerprint density at radius 3 is 0.939 bits per heavy atom. The first-order chi connectivity index (χ1) is 63.2. The van der Waals surface area contributed by atoms with Crippen molar-refractivity contribution >= 4 is 113 Å². The molecule has 39 heteroatoms. The number of carbonyl (C=O) groups excluding carboxylic acids is 1. The standard InChI is InChI=1S/C24H30N6O3S.2C23H30N6O3S.C23H30N6O2S/c1-15(31)19-11-29(12-19)10-17-7-20(8-17)30-13-21(22-23(25)26-14-27-24(22)30)18-5-3-4-16(6-18)9-28-34(2,32)33;1-33(30,31)27-12-16-3-2-4-18(9-16)20-14-29(23-21(20)22(24)25-15-26-23)19-10-17(11-19)13-28-5-7-32-8-6-28;1-33(31,32)27-10-15-3-2-4-17(7-15)20-13-29(23-21(20)22(24)25-14-26-23)18-8-16(9-18)11-28-6-5-19(30)12-28;1-32(30,31)27-12-16-5-4-6-18(9-16)20-14-29(23-21(20)22(24)25-15-26-23)19-10-17(11-19)13-28-7-2-3-8-28/h3-6,13-14,17,19-20,28H,7-12H2,1-2H3,(H2,25,26,27);2-4,9,14-15,17,19,27H,5-8,10-13H2,1H3,(H2,24,25,26);2-4,7,13-14,16,18-19,27,30H,5-6,8-12H2,1H3,(H2,24,25,26);4-6,9,14-15,17,19,27H,2-3,7-8,10-13H2,1H3,(H2,24,25,26)/t;;16?,18?,19-;/m..1./s1. The maximum atomic E-state index is 11.5. The molecule has 12 aromatic rings. The van der Waals surface area contributed by atoms with E-state index in [0.29, 0.717) is 71.0 Å². The van der Waals surface area contributed by atoms with Crippen LogP contribution in [0.3, 0.4) is 0 Å². The van der Waals surface area contributed by atoms with E-state index in [-0.39, 0.29) is 38.2 Å². The number of aliphatic hydroxyl groups excluding tert-OH is 1. The molecule has 8 fully saturated rings. The van der Waals surface area contributed by atoms with Crippen molar-refractivity contribution in [3.05, 3.63) is 169 Å². The number of sulfonamides is 4. The Hall–Kier alpha value is -10.4. The Bertz CT molecular complexity index is 6490. The Balaban J connectivity index is 0.000000123. The third kappa shape index (κ3) is 22.5. The van der Waals surface area contributed by atoms with Gasteiger partial charge in [0.15, 0.2) is 0 Å². The maximum Gasteiger partial charge on any atom is 0.209 e. The number of Topliss-reactive ketones (excluding diaryl/α,β-unsaturated/α-hetero) is 1. The van der Waals surface area contributed by atoms with Crippen LogP contribution >= 0.6 is 0 Å². The Kier molecular flexibility index (Phi) is 28.1. The fraction of sp³-hybridized carbons (Fsp3) is 0.473. The van der Waals surface area contributed by atoms with Gasteiger partial charge in [-0.2, -0.15) is 0 Å². The summed E-state index contributed by atoms with van der Waals surface area (Å²) in [4.78, 5) is 56.5. The quantitative estimate of drug-likeness (QED) is 0.0211. The molecule has 4 saturated heterocycles. The van der Waals surface area contributed by atoms with Gasteiger partial charge in [-0.05, 0) is 183 Å². The van der Waals surface area contributed by atoms with Gasteiger partial charge in [0, 0.05) is 169 Å². The van der Waals surface area contributed by atoms with Crippen molar-refractivity contribution in [1.29, 1.82) is 0 Å². The van der Waals surface area contributed by atoms with E-state index in [1.807, 2.05) is 97.1 Å². The van der Waals surface area contributed by atoms with E-state index in [9.17, 15) is 43.6 Å². The molecule has 4 saturated carbocycles. The van der Waals surface area contributed by atoms with Crippen LogP contribution in [0, 0.1) is 29.6 Å². The van der Waals surface area contributed by atoms with Gasteiger partial charge in [-0.3, -0.25) is 9.69 Å². The lowest BCUT2D eigenvalue weighted by Crippen LogP contribution is -2.52. The molecule has 4 aliphatic carbocycles. The van der Waals surface area contributed by atoms with Gasteiger partial charge in [0.1, 0.15) is 77.0 Å². The van der Waals surface area contributed by atoms with Crippen LogP contribution in [0.15, 0.2) is 147 Å². The third-order valence-corrected chi connectivity index (χ3v) is 29.9. The Morgan fingerprint density at radius 2 is 0.667 bits per heavy atom.